The Morgan fingerprint density at radius 1 is 1.07 bits per heavy atom. The SMILES string of the molecule is Cc1ccc([C@H](C)NC(=O)C2CCN(S(=O)(=O)c3ccc(Cl)cc3)CC2)cc1. The number of hydrogen-bond donors (Lipinski definition) is 1. The van der Waals surface area contributed by atoms with Crippen LogP contribution in [0.15, 0.2) is 53.4 Å². The first kappa shape index (κ1) is 20.8. The van der Waals surface area contributed by atoms with E-state index in [-0.39, 0.29) is 22.8 Å². The summed E-state index contributed by atoms with van der Waals surface area (Å²) in [6, 6.07) is 14.2. The lowest BCUT2D eigenvalue weighted by atomic mass is 9.96. The van der Waals surface area contributed by atoms with Crippen molar-refractivity contribution in [2.45, 2.75) is 37.6 Å². The molecule has 7 heteroatoms. The van der Waals surface area contributed by atoms with Crippen molar-refractivity contribution in [2.24, 2.45) is 5.92 Å². The molecule has 150 valence electrons. The van der Waals surface area contributed by atoms with Gasteiger partial charge >= 0.3 is 0 Å². The van der Waals surface area contributed by atoms with Crippen molar-refractivity contribution in [3.63, 3.8) is 0 Å². The maximum atomic E-state index is 12.7. The Labute approximate surface area is 171 Å². The minimum atomic E-state index is -3.56. The Morgan fingerprint density at radius 3 is 2.21 bits per heavy atom. The molecular weight excluding hydrogens is 396 g/mol. The van der Waals surface area contributed by atoms with Gasteiger partial charge < -0.3 is 5.32 Å². The molecule has 0 radical (unpaired) electrons. The first-order valence-corrected chi connectivity index (χ1v) is 11.2. The summed E-state index contributed by atoms with van der Waals surface area (Å²) in [5.41, 5.74) is 2.23. The number of hydrogen-bond acceptors (Lipinski definition) is 3. The van der Waals surface area contributed by atoms with Gasteiger partial charge in [0.2, 0.25) is 15.9 Å². The monoisotopic (exact) mass is 420 g/mol. The van der Waals surface area contributed by atoms with E-state index < -0.39 is 10.0 Å². The predicted octanol–water partition coefficient (Wildman–Crippen LogP) is 3.93. The first-order valence-electron chi connectivity index (χ1n) is 9.40. The fourth-order valence-corrected chi connectivity index (χ4v) is 4.98. The molecule has 1 heterocycles. The molecule has 2 aromatic rings. The van der Waals surface area contributed by atoms with Gasteiger partial charge in [-0.05, 0) is 56.5 Å². The lowest BCUT2D eigenvalue weighted by molar-refractivity contribution is -0.126. The Kier molecular flexibility index (Phi) is 6.43. The molecule has 3 rings (SSSR count). The number of benzene rings is 2. The van der Waals surface area contributed by atoms with E-state index in [1.807, 2.05) is 38.1 Å². The van der Waals surface area contributed by atoms with Crippen molar-refractivity contribution in [2.75, 3.05) is 13.1 Å². The van der Waals surface area contributed by atoms with Crippen molar-refractivity contribution < 1.29 is 13.2 Å². The van der Waals surface area contributed by atoms with E-state index in [0.717, 1.165) is 5.56 Å². The molecule has 1 saturated heterocycles. The summed E-state index contributed by atoms with van der Waals surface area (Å²) < 4.78 is 26.9. The van der Waals surface area contributed by atoms with Crippen LogP contribution in [0.3, 0.4) is 0 Å². The molecule has 1 N–H and O–H groups in total. The van der Waals surface area contributed by atoms with Crippen LogP contribution >= 0.6 is 11.6 Å². The maximum absolute atomic E-state index is 12.7. The molecule has 0 bridgehead atoms. The predicted molar refractivity (Wildman–Crippen MR) is 111 cm³/mol. The highest BCUT2D eigenvalue weighted by Gasteiger charge is 2.32. The van der Waals surface area contributed by atoms with Gasteiger partial charge in [0, 0.05) is 24.0 Å². The number of carbonyl (C=O) groups excluding carboxylic acids is 1. The van der Waals surface area contributed by atoms with Gasteiger partial charge in [-0.3, -0.25) is 4.79 Å². The lowest BCUT2D eigenvalue weighted by Crippen LogP contribution is -2.43. The molecule has 2 aromatic carbocycles. The second kappa shape index (κ2) is 8.64. The number of piperidine rings is 1. The van der Waals surface area contributed by atoms with Gasteiger partial charge in [-0.2, -0.15) is 4.31 Å². The summed E-state index contributed by atoms with van der Waals surface area (Å²) in [4.78, 5) is 12.8. The van der Waals surface area contributed by atoms with E-state index in [1.165, 1.54) is 22.0 Å². The number of halogens is 1. The number of amides is 1. The van der Waals surface area contributed by atoms with Crippen LogP contribution in [-0.2, 0) is 14.8 Å². The topological polar surface area (TPSA) is 66.5 Å². The normalized spacial score (nSPS) is 17.2. The number of aryl methyl sites for hydroxylation is 1. The van der Waals surface area contributed by atoms with Gasteiger partial charge in [0.15, 0.2) is 0 Å². The fraction of sp³-hybridized carbons (Fsp3) is 0.381. The molecule has 1 aliphatic rings. The van der Waals surface area contributed by atoms with E-state index in [0.29, 0.717) is 31.0 Å². The molecular formula is C21H25ClN2O3S. The average molecular weight is 421 g/mol. The Morgan fingerprint density at radius 2 is 1.64 bits per heavy atom. The minimum absolute atomic E-state index is 0.0170. The van der Waals surface area contributed by atoms with Crippen molar-refractivity contribution in [3.05, 3.63) is 64.7 Å². The lowest BCUT2D eigenvalue weighted by Gasteiger charge is -2.31. The Hall–Kier alpha value is -1.89. The van der Waals surface area contributed by atoms with Gasteiger partial charge in [0.25, 0.3) is 0 Å². The summed E-state index contributed by atoms with van der Waals surface area (Å²) in [5.74, 6) is -0.193. The van der Waals surface area contributed by atoms with Crippen LogP contribution in [0.4, 0.5) is 0 Å². The zero-order chi connectivity index (χ0) is 20.3. The number of rotatable bonds is 5. The Bertz CT molecular complexity index is 919. The number of nitrogens with zero attached hydrogens (tertiary/aromatic N) is 1. The number of carbonyl (C=O) groups is 1. The quantitative estimate of drug-likeness (QED) is 0.796. The zero-order valence-electron chi connectivity index (χ0n) is 16.1. The van der Waals surface area contributed by atoms with Crippen LogP contribution in [0.1, 0.15) is 36.9 Å². The molecule has 0 saturated carbocycles. The van der Waals surface area contributed by atoms with Crippen molar-refractivity contribution in [1.82, 2.24) is 9.62 Å². The third-order valence-electron chi connectivity index (χ3n) is 5.21. The summed E-state index contributed by atoms with van der Waals surface area (Å²) >= 11 is 5.84. The fourth-order valence-electron chi connectivity index (χ4n) is 3.38. The second-order valence-corrected chi connectivity index (χ2v) is 9.65. The van der Waals surface area contributed by atoms with Crippen molar-refractivity contribution in [1.29, 1.82) is 0 Å². The van der Waals surface area contributed by atoms with Crippen LogP contribution in [0, 0.1) is 12.8 Å². The van der Waals surface area contributed by atoms with Crippen LogP contribution in [-0.4, -0.2) is 31.7 Å². The van der Waals surface area contributed by atoms with E-state index in [9.17, 15) is 13.2 Å². The number of sulfonamides is 1. The molecule has 28 heavy (non-hydrogen) atoms. The first-order chi connectivity index (χ1) is 13.3. The summed E-state index contributed by atoms with van der Waals surface area (Å²) in [5, 5.41) is 3.55. The van der Waals surface area contributed by atoms with Crippen LogP contribution in [0.25, 0.3) is 0 Å². The van der Waals surface area contributed by atoms with E-state index in [1.54, 1.807) is 12.1 Å². The summed E-state index contributed by atoms with van der Waals surface area (Å²) in [6.45, 7) is 4.66. The van der Waals surface area contributed by atoms with Gasteiger partial charge in [-0.1, -0.05) is 41.4 Å². The minimum Gasteiger partial charge on any atom is -0.349 e. The highest BCUT2D eigenvalue weighted by molar-refractivity contribution is 7.89. The van der Waals surface area contributed by atoms with Gasteiger partial charge in [0.1, 0.15) is 0 Å². The maximum Gasteiger partial charge on any atom is 0.243 e. The molecule has 1 fully saturated rings. The third-order valence-corrected chi connectivity index (χ3v) is 7.38. The molecule has 0 spiro atoms. The van der Waals surface area contributed by atoms with Crippen LogP contribution < -0.4 is 5.32 Å². The second-order valence-electron chi connectivity index (χ2n) is 7.27. The summed E-state index contributed by atoms with van der Waals surface area (Å²) in [6.07, 6.45) is 1.03. The molecule has 5 nitrogen and oxygen atoms in total. The zero-order valence-corrected chi connectivity index (χ0v) is 17.6. The number of nitrogens with one attached hydrogen (secondary N) is 1. The van der Waals surface area contributed by atoms with E-state index in [4.69, 9.17) is 11.6 Å². The smallest absolute Gasteiger partial charge is 0.243 e. The molecule has 1 amide bonds. The van der Waals surface area contributed by atoms with Crippen LogP contribution in [0.2, 0.25) is 5.02 Å². The molecule has 0 aromatic heterocycles. The highest BCUT2D eigenvalue weighted by Crippen LogP contribution is 2.25. The third kappa shape index (κ3) is 4.74. The van der Waals surface area contributed by atoms with Crippen molar-refractivity contribution in [3.8, 4) is 0 Å². The highest BCUT2D eigenvalue weighted by atomic mass is 35.5. The summed E-state index contributed by atoms with van der Waals surface area (Å²) in [7, 11) is -3.56. The largest absolute Gasteiger partial charge is 0.349 e. The Balaban J connectivity index is 1.57. The van der Waals surface area contributed by atoms with Gasteiger partial charge in [0.05, 0.1) is 10.9 Å². The van der Waals surface area contributed by atoms with Crippen LogP contribution in [0.5, 0.6) is 0 Å². The van der Waals surface area contributed by atoms with Gasteiger partial charge in [-0.25, -0.2) is 8.42 Å². The molecule has 1 aliphatic heterocycles. The van der Waals surface area contributed by atoms with Gasteiger partial charge in [-0.15, -0.1) is 0 Å². The average Bonchev–Trinajstić information content (AvgIpc) is 2.69. The molecule has 0 unspecified atom stereocenters. The van der Waals surface area contributed by atoms with E-state index >= 15 is 0 Å². The molecule has 1 atom stereocenters. The molecule has 0 aliphatic carbocycles. The van der Waals surface area contributed by atoms with Crippen molar-refractivity contribution >= 4 is 27.5 Å². The van der Waals surface area contributed by atoms with E-state index in [2.05, 4.69) is 5.32 Å². The standard InChI is InChI=1S/C21H25ClN2O3S/c1-15-3-5-17(6-4-15)16(2)23-21(25)18-11-13-24(14-12-18)28(26,27)20-9-7-19(22)8-10-20/h3-10,16,18H,11-14H2,1-2H3,(H,23,25)/t16-/m0/s1.